The molecule has 31 heavy (non-hydrogen) atoms. The molecule has 2 aromatic rings. The normalized spacial score (nSPS) is 18.2. The molecule has 0 saturated carbocycles. The van der Waals surface area contributed by atoms with Crippen molar-refractivity contribution in [3.05, 3.63) is 47.5 Å². The summed E-state index contributed by atoms with van der Waals surface area (Å²) in [5.74, 6) is -0.632. The molecule has 1 aliphatic heterocycles. The monoisotopic (exact) mass is 456 g/mol. The fourth-order valence-electron chi connectivity index (χ4n) is 3.66. The first-order valence-corrected chi connectivity index (χ1v) is 9.72. The van der Waals surface area contributed by atoms with Gasteiger partial charge in [0.15, 0.2) is 11.5 Å². The van der Waals surface area contributed by atoms with Crippen LogP contribution in [0.15, 0.2) is 30.3 Å². The first-order chi connectivity index (χ1) is 14.4. The predicted octanol–water partition coefficient (Wildman–Crippen LogP) is 4.39. The molecule has 0 aliphatic carbocycles. The first kappa shape index (κ1) is 24.7. The number of amides is 1. The standard InChI is InChI=1S/C22H26F2N2O4.ClH/c1-13-10-25-11-14(2)26(13)22(27)30-12-17-18(23)7-6-16(21(17)24)15-5-8-19(28-3)20(9-15)29-4;/h5-9,13-14,25H,10-12H2,1-4H3;1H. The van der Waals surface area contributed by atoms with E-state index in [1.807, 2.05) is 13.8 Å². The average Bonchev–Trinajstić information content (AvgIpc) is 2.73. The summed E-state index contributed by atoms with van der Waals surface area (Å²) >= 11 is 0. The lowest BCUT2D eigenvalue weighted by atomic mass is 10.0. The summed E-state index contributed by atoms with van der Waals surface area (Å²) < 4.78 is 45.2. The van der Waals surface area contributed by atoms with E-state index in [0.717, 1.165) is 6.07 Å². The van der Waals surface area contributed by atoms with E-state index in [0.29, 0.717) is 30.2 Å². The Bertz CT molecular complexity index is 919. The van der Waals surface area contributed by atoms with Crippen molar-refractivity contribution in [2.24, 2.45) is 0 Å². The van der Waals surface area contributed by atoms with Crippen molar-refractivity contribution in [3.63, 3.8) is 0 Å². The Kier molecular flexibility index (Phi) is 8.47. The third-order valence-corrected chi connectivity index (χ3v) is 5.26. The average molecular weight is 457 g/mol. The lowest BCUT2D eigenvalue weighted by molar-refractivity contribution is 0.0552. The minimum absolute atomic E-state index is 0. The number of methoxy groups -OCH3 is 2. The van der Waals surface area contributed by atoms with Crippen molar-refractivity contribution in [3.8, 4) is 22.6 Å². The van der Waals surface area contributed by atoms with E-state index in [9.17, 15) is 9.18 Å². The molecule has 1 N–H and O–H groups in total. The molecular formula is C22H27ClF2N2O4. The Hall–Kier alpha value is -2.58. The van der Waals surface area contributed by atoms with Crippen LogP contribution in [-0.4, -0.2) is 50.4 Å². The number of rotatable bonds is 5. The molecular weight excluding hydrogens is 430 g/mol. The largest absolute Gasteiger partial charge is 0.493 e. The summed E-state index contributed by atoms with van der Waals surface area (Å²) in [5, 5.41) is 3.22. The number of hydrogen-bond acceptors (Lipinski definition) is 5. The van der Waals surface area contributed by atoms with Gasteiger partial charge < -0.3 is 24.4 Å². The predicted molar refractivity (Wildman–Crippen MR) is 116 cm³/mol. The summed E-state index contributed by atoms with van der Waals surface area (Å²) in [6.07, 6.45) is -0.591. The maximum Gasteiger partial charge on any atom is 0.410 e. The van der Waals surface area contributed by atoms with Gasteiger partial charge in [-0.05, 0) is 43.7 Å². The molecule has 2 unspecified atom stereocenters. The van der Waals surface area contributed by atoms with Gasteiger partial charge in [0.1, 0.15) is 18.2 Å². The second-order valence-electron chi connectivity index (χ2n) is 7.28. The van der Waals surface area contributed by atoms with Gasteiger partial charge in [-0.2, -0.15) is 0 Å². The zero-order chi connectivity index (χ0) is 21.8. The van der Waals surface area contributed by atoms with Crippen LogP contribution in [0.5, 0.6) is 11.5 Å². The zero-order valence-electron chi connectivity index (χ0n) is 17.9. The fraction of sp³-hybridized carbons (Fsp3) is 0.409. The molecule has 0 bridgehead atoms. The minimum Gasteiger partial charge on any atom is -0.493 e. The van der Waals surface area contributed by atoms with E-state index in [1.165, 1.54) is 20.3 Å². The molecule has 2 aromatic carbocycles. The molecule has 1 amide bonds. The van der Waals surface area contributed by atoms with Gasteiger partial charge in [-0.15, -0.1) is 12.4 Å². The number of carbonyl (C=O) groups is 1. The molecule has 1 aliphatic rings. The maximum atomic E-state index is 15.2. The Morgan fingerprint density at radius 1 is 1.06 bits per heavy atom. The summed E-state index contributed by atoms with van der Waals surface area (Å²) in [7, 11) is 2.98. The van der Waals surface area contributed by atoms with Crippen LogP contribution in [0.2, 0.25) is 0 Å². The quantitative estimate of drug-likeness (QED) is 0.723. The van der Waals surface area contributed by atoms with Crippen LogP contribution in [0.25, 0.3) is 11.1 Å². The molecule has 6 nitrogen and oxygen atoms in total. The molecule has 0 radical (unpaired) electrons. The Morgan fingerprint density at radius 2 is 1.71 bits per heavy atom. The van der Waals surface area contributed by atoms with Gasteiger partial charge in [0.2, 0.25) is 0 Å². The Labute approximate surface area is 186 Å². The van der Waals surface area contributed by atoms with Crippen LogP contribution >= 0.6 is 12.4 Å². The summed E-state index contributed by atoms with van der Waals surface area (Å²) in [6, 6.07) is 7.26. The Morgan fingerprint density at radius 3 is 2.32 bits per heavy atom. The number of ether oxygens (including phenoxy) is 3. The maximum absolute atomic E-state index is 15.2. The van der Waals surface area contributed by atoms with Gasteiger partial charge >= 0.3 is 6.09 Å². The fourth-order valence-corrected chi connectivity index (χ4v) is 3.66. The van der Waals surface area contributed by atoms with Gasteiger partial charge in [-0.1, -0.05) is 6.07 Å². The van der Waals surface area contributed by atoms with E-state index in [1.54, 1.807) is 23.1 Å². The highest BCUT2D eigenvalue weighted by Crippen LogP contribution is 2.34. The topological polar surface area (TPSA) is 60.0 Å². The van der Waals surface area contributed by atoms with Crippen molar-refractivity contribution in [1.82, 2.24) is 10.2 Å². The number of hydrogen-bond donors (Lipinski definition) is 1. The van der Waals surface area contributed by atoms with Crippen molar-refractivity contribution in [2.45, 2.75) is 32.5 Å². The number of benzene rings is 2. The number of nitrogens with zero attached hydrogens (tertiary/aromatic N) is 1. The van der Waals surface area contributed by atoms with Crippen molar-refractivity contribution in [1.29, 1.82) is 0 Å². The molecule has 9 heteroatoms. The van der Waals surface area contributed by atoms with Crippen LogP contribution in [0.1, 0.15) is 19.4 Å². The molecule has 2 atom stereocenters. The van der Waals surface area contributed by atoms with Crippen LogP contribution in [0.3, 0.4) is 0 Å². The van der Waals surface area contributed by atoms with Crippen LogP contribution in [0, 0.1) is 11.6 Å². The summed E-state index contributed by atoms with van der Waals surface area (Å²) in [4.78, 5) is 14.1. The molecule has 170 valence electrons. The second kappa shape index (κ2) is 10.6. The van der Waals surface area contributed by atoms with Gasteiger partial charge in [-0.3, -0.25) is 0 Å². The molecule has 0 spiro atoms. The van der Waals surface area contributed by atoms with E-state index in [2.05, 4.69) is 5.32 Å². The van der Waals surface area contributed by atoms with E-state index < -0.39 is 24.3 Å². The highest BCUT2D eigenvalue weighted by molar-refractivity contribution is 5.85. The molecule has 3 rings (SSSR count). The second-order valence-corrected chi connectivity index (χ2v) is 7.28. The SMILES string of the molecule is COc1ccc(-c2ccc(F)c(COC(=O)N3C(C)CNCC3C)c2F)cc1OC.Cl. The van der Waals surface area contributed by atoms with Crippen molar-refractivity contribution < 1.29 is 27.8 Å². The van der Waals surface area contributed by atoms with E-state index in [-0.39, 0.29) is 35.6 Å². The molecule has 1 saturated heterocycles. The third kappa shape index (κ3) is 5.19. The highest BCUT2D eigenvalue weighted by Gasteiger charge is 2.30. The summed E-state index contributed by atoms with van der Waals surface area (Å²) in [5.41, 5.74) is 0.362. The number of nitrogens with one attached hydrogen (secondary N) is 1. The van der Waals surface area contributed by atoms with Gasteiger partial charge in [-0.25, -0.2) is 13.6 Å². The molecule has 1 heterocycles. The summed E-state index contributed by atoms with van der Waals surface area (Å²) in [6.45, 7) is 4.56. The van der Waals surface area contributed by atoms with E-state index in [4.69, 9.17) is 14.2 Å². The van der Waals surface area contributed by atoms with Gasteiger partial charge in [0.05, 0.1) is 19.8 Å². The third-order valence-electron chi connectivity index (χ3n) is 5.26. The van der Waals surface area contributed by atoms with Crippen LogP contribution in [0.4, 0.5) is 13.6 Å². The van der Waals surface area contributed by atoms with Gasteiger partial charge in [0, 0.05) is 30.7 Å². The smallest absolute Gasteiger partial charge is 0.410 e. The van der Waals surface area contributed by atoms with E-state index >= 15 is 4.39 Å². The number of halogens is 3. The zero-order valence-corrected chi connectivity index (χ0v) is 18.7. The molecule has 1 fully saturated rings. The number of carbonyl (C=O) groups excluding carboxylic acids is 1. The first-order valence-electron chi connectivity index (χ1n) is 9.72. The van der Waals surface area contributed by atoms with Crippen LogP contribution < -0.4 is 14.8 Å². The lowest BCUT2D eigenvalue weighted by Gasteiger charge is -2.38. The minimum atomic E-state index is -0.781. The Balaban J connectivity index is 0.00000341. The highest BCUT2D eigenvalue weighted by atomic mass is 35.5. The van der Waals surface area contributed by atoms with Crippen molar-refractivity contribution in [2.75, 3.05) is 27.3 Å². The molecule has 0 aromatic heterocycles. The van der Waals surface area contributed by atoms with Gasteiger partial charge in [0.25, 0.3) is 0 Å². The van der Waals surface area contributed by atoms with Crippen LogP contribution in [-0.2, 0) is 11.3 Å². The van der Waals surface area contributed by atoms with Crippen molar-refractivity contribution >= 4 is 18.5 Å². The number of piperazine rings is 1. The lowest BCUT2D eigenvalue weighted by Crippen LogP contribution is -2.57.